The van der Waals surface area contributed by atoms with Gasteiger partial charge in [0.1, 0.15) is 0 Å². The van der Waals surface area contributed by atoms with E-state index in [0.717, 1.165) is 43.7 Å². The first-order chi connectivity index (χ1) is 10.2. The fraction of sp³-hybridized carbons (Fsp3) is 0.562. The first-order valence-electron chi connectivity index (χ1n) is 7.55. The molecule has 1 aromatic carbocycles. The number of amides is 1. The predicted octanol–water partition coefficient (Wildman–Crippen LogP) is 3.46. The lowest BCUT2D eigenvalue weighted by molar-refractivity contribution is -0.108. The van der Waals surface area contributed by atoms with Gasteiger partial charge in [-0.1, -0.05) is 25.4 Å². The maximum atomic E-state index is 11.5. The number of benzene rings is 1. The van der Waals surface area contributed by atoms with Crippen LogP contribution in [0.15, 0.2) is 18.2 Å². The van der Waals surface area contributed by atoms with E-state index in [2.05, 4.69) is 17.3 Å². The van der Waals surface area contributed by atoms with Crippen LogP contribution in [0.25, 0.3) is 0 Å². The molecule has 0 aromatic heterocycles. The van der Waals surface area contributed by atoms with Crippen molar-refractivity contribution < 1.29 is 4.79 Å². The molecule has 1 aliphatic heterocycles. The maximum absolute atomic E-state index is 11.5. The summed E-state index contributed by atoms with van der Waals surface area (Å²) in [5.41, 5.74) is 1.79. The van der Waals surface area contributed by atoms with Crippen molar-refractivity contribution in [3.05, 3.63) is 23.2 Å². The second kappa shape index (κ2) is 8.90. The molecule has 1 aliphatic rings. The molecule has 1 heterocycles. The Kier molecular flexibility index (Phi) is 7.54. The number of hydrogen-bond acceptors (Lipinski definition) is 3. The molecule has 4 nitrogen and oxygen atoms in total. The second-order valence-electron chi connectivity index (χ2n) is 4.96. The number of hydrogen-bond donors (Lipinski definition) is 1. The van der Waals surface area contributed by atoms with Gasteiger partial charge in [0.25, 0.3) is 0 Å². The maximum Gasteiger partial charge on any atom is 0.214 e. The molecule has 1 aromatic rings. The molecule has 0 radical (unpaired) electrons. The summed E-state index contributed by atoms with van der Waals surface area (Å²) in [6.07, 6.45) is 2.93. The summed E-state index contributed by atoms with van der Waals surface area (Å²) < 4.78 is 0. The van der Waals surface area contributed by atoms with E-state index in [1.807, 2.05) is 44.0 Å². The highest BCUT2D eigenvalue weighted by Gasteiger charge is 2.24. The number of nitrogens with one attached hydrogen (secondary N) is 1. The van der Waals surface area contributed by atoms with Crippen LogP contribution in [0, 0.1) is 0 Å². The SMILES string of the molecule is CC.CNc1cc(Cl)ccc1N(C=O)C1CCN(C)CC1. The zero-order valence-corrected chi connectivity index (χ0v) is 14.2. The lowest BCUT2D eigenvalue weighted by Gasteiger charge is -2.35. The normalized spacial score (nSPS) is 15.9. The Morgan fingerprint density at radius 1 is 1.33 bits per heavy atom. The molecule has 1 fully saturated rings. The average Bonchev–Trinajstić information content (AvgIpc) is 2.53. The predicted molar refractivity (Wildman–Crippen MR) is 91.4 cm³/mol. The Labute approximate surface area is 133 Å². The second-order valence-corrected chi connectivity index (χ2v) is 5.40. The van der Waals surface area contributed by atoms with Gasteiger partial charge in [-0.15, -0.1) is 0 Å². The van der Waals surface area contributed by atoms with Gasteiger partial charge in [-0.05, 0) is 51.2 Å². The molecule has 0 spiro atoms. The van der Waals surface area contributed by atoms with E-state index in [1.165, 1.54) is 0 Å². The van der Waals surface area contributed by atoms with Crippen molar-refractivity contribution in [1.82, 2.24) is 4.90 Å². The van der Waals surface area contributed by atoms with E-state index in [-0.39, 0.29) is 6.04 Å². The van der Waals surface area contributed by atoms with Crippen molar-refractivity contribution in [1.29, 1.82) is 0 Å². The van der Waals surface area contributed by atoms with Gasteiger partial charge in [-0.25, -0.2) is 0 Å². The Morgan fingerprint density at radius 3 is 2.48 bits per heavy atom. The fourth-order valence-corrected chi connectivity index (χ4v) is 2.72. The first kappa shape index (κ1) is 17.8. The van der Waals surface area contributed by atoms with Crippen molar-refractivity contribution in [3.8, 4) is 0 Å². The van der Waals surface area contributed by atoms with Crippen molar-refractivity contribution >= 4 is 29.4 Å². The molecule has 118 valence electrons. The van der Waals surface area contributed by atoms with Crippen LogP contribution in [0.4, 0.5) is 11.4 Å². The van der Waals surface area contributed by atoms with Gasteiger partial charge in [-0.2, -0.15) is 0 Å². The molecule has 21 heavy (non-hydrogen) atoms. The van der Waals surface area contributed by atoms with Gasteiger partial charge < -0.3 is 15.1 Å². The monoisotopic (exact) mass is 311 g/mol. The molecule has 1 N–H and O–H groups in total. The molecule has 0 unspecified atom stereocenters. The molecule has 2 rings (SSSR count). The topological polar surface area (TPSA) is 35.6 Å². The number of likely N-dealkylation sites (tertiary alicyclic amines) is 1. The summed E-state index contributed by atoms with van der Waals surface area (Å²) in [5.74, 6) is 0. The fourth-order valence-electron chi connectivity index (χ4n) is 2.55. The van der Waals surface area contributed by atoms with E-state index < -0.39 is 0 Å². The molecule has 0 saturated carbocycles. The molecular formula is C16H26ClN3O. The quantitative estimate of drug-likeness (QED) is 0.865. The van der Waals surface area contributed by atoms with Gasteiger partial charge >= 0.3 is 0 Å². The Hall–Kier alpha value is -1.26. The number of carbonyl (C=O) groups excluding carboxylic acids is 1. The third kappa shape index (κ3) is 4.61. The highest BCUT2D eigenvalue weighted by atomic mass is 35.5. The van der Waals surface area contributed by atoms with Gasteiger partial charge in [0.2, 0.25) is 6.41 Å². The van der Waals surface area contributed by atoms with Crippen LogP contribution in [-0.4, -0.2) is 44.5 Å². The molecule has 1 saturated heterocycles. The van der Waals surface area contributed by atoms with Gasteiger partial charge in [0.15, 0.2) is 0 Å². The van der Waals surface area contributed by atoms with Crippen LogP contribution in [0.1, 0.15) is 26.7 Å². The molecule has 1 amide bonds. The lowest BCUT2D eigenvalue weighted by atomic mass is 10.0. The van der Waals surface area contributed by atoms with E-state index >= 15 is 0 Å². The molecule has 0 aliphatic carbocycles. The van der Waals surface area contributed by atoms with Crippen LogP contribution in [0.3, 0.4) is 0 Å². The smallest absolute Gasteiger partial charge is 0.214 e. The third-order valence-corrected chi connectivity index (χ3v) is 3.94. The highest BCUT2D eigenvalue weighted by molar-refractivity contribution is 6.31. The largest absolute Gasteiger partial charge is 0.386 e. The number of rotatable bonds is 4. The Morgan fingerprint density at radius 2 is 1.95 bits per heavy atom. The van der Waals surface area contributed by atoms with E-state index in [4.69, 9.17) is 11.6 Å². The molecule has 0 atom stereocenters. The summed E-state index contributed by atoms with van der Waals surface area (Å²) in [4.78, 5) is 15.6. The Bertz CT molecular complexity index is 445. The average molecular weight is 312 g/mol. The summed E-state index contributed by atoms with van der Waals surface area (Å²) >= 11 is 5.99. The summed E-state index contributed by atoms with van der Waals surface area (Å²) in [6, 6.07) is 5.84. The summed E-state index contributed by atoms with van der Waals surface area (Å²) in [5, 5.41) is 3.77. The van der Waals surface area contributed by atoms with Crippen molar-refractivity contribution in [2.45, 2.75) is 32.7 Å². The summed E-state index contributed by atoms with van der Waals surface area (Å²) in [6.45, 7) is 6.05. The van der Waals surface area contributed by atoms with Gasteiger partial charge in [-0.3, -0.25) is 4.79 Å². The first-order valence-corrected chi connectivity index (χ1v) is 7.93. The minimum Gasteiger partial charge on any atom is -0.386 e. The zero-order valence-electron chi connectivity index (χ0n) is 13.4. The lowest BCUT2D eigenvalue weighted by Crippen LogP contribution is -2.43. The van der Waals surface area contributed by atoms with Crippen LogP contribution < -0.4 is 10.2 Å². The van der Waals surface area contributed by atoms with Crippen LogP contribution in [0.5, 0.6) is 0 Å². The van der Waals surface area contributed by atoms with E-state index in [1.54, 1.807) is 0 Å². The minimum atomic E-state index is 0.266. The van der Waals surface area contributed by atoms with Crippen LogP contribution in [-0.2, 0) is 4.79 Å². The van der Waals surface area contributed by atoms with Crippen LogP contribution >= 0.6 is 11.6 Å². The van der Waals surface area contributed by atoms with Gasteiger partial charge in [0, 0.05) is 18.1 Å². The number of carbonyl (C=O) groups is 1. The van der Waals surface area contributed by atoms with Crippen molar-refractivity contribution in [2.75, 3.05) is 37.4 Å². The van der Waals surface area contributed by atoms with Crippen molar-refractivity contribution in [3.63, 3.8) is 0 Å². The number of piperidine rings is 1. The standard InChI is InChI=1S/C14H20ClN3O.C2H6/c1-16-13-9-11(15)3-4-14(13)18(10-19)12-5-7-17(2)8-6-12;1-2/h3-4,9-10,12,16H,5-8H2,1-2H3;1-2H3. The minimum absolute atomic E-state index is 0.266. The van der Waals surface area contributed by atoms with Crippen molar-refractivity contribution in [2.24, 2.45) is 0 Å². The number of halogens is 1. The number of nitrogens with zero attached hydrogens (tertiary/aromatic N) is 2. The summed E-state index contributed by atoms with van der Waals surface area (Å²) in [7, 11) is 3.95. The zero-order chi connectivity index (χ0) is 15.8. The number of anilines is 2. The molecule has 0 bridgehead atoms. The third-order valence-electron chi connectivity index (χ3n) is 3.70. The van der Waals surface area contributed by atoms with E-state index in [0.29, 0.717) is 5.02 Å². The molecular weight excluding hydrogens is 286 g/mol. The Balaban J connectivity index is 0.00000106. The van der Waals surface area contributed by atoms with Crippen LogP contribution in [0.2, 0.25) is 5.02 Å². The highest BCUT2D eigenvalue weighted by Crippen LogP contribution is 2.31. The van der Waals surface area contributed by atoms with Gasteiger partial charge in [0.05, 0.1) is 11.4 Å². The van der Waals surface area contributed by atoms with E-state index in [9.17, 15) is 4.79 Å². The molecule has 5 heteroatoms.